The average Bonchev–Trinajstić information content (AvgIpc) is 2.61. The largest absolute Gasteiger partial charge is 0.349 e. The highest BCUT2D eigenvalue weighted by Gasteiger charge is 2.18. The molecule has 6 heteroatoms. The van der Waals surface area contributed by atoms with Crippen molar-refractivity contribution in [3.63, 3.8) is 0 Å². The second-order valence-corrected chi connectivity index (χ2v) is 6.44. The number of rotatable bonds is 5. The first kappa shape index (κ1) is 18.5. The number of amides is 2. The maximum absolute atomic E-state index is 13.2. The lowest BCUT2D eigenvalue weighted by Gasteiger charge is -2.18. The van der Waals surface area contributed by atoms with E-state index >= 15 is 0 Å². The Balaban J connectivity index is 1.82. The van der Waals surface area contributed by atoms with Crippen LogP contribution in [0.2, 0.25) is 0 Å². The van der Waals surface area contributed by atoms with Gasteiger partial charge in [-0.3, -0.25) is 14.6 Å². The van der Waals surface area contributed by atoms with Crippen molar-refractivity contribution in [1.29, 1.82) is 0 Å². The predicted octanol–water partition coefficient (Wildman–Crippen LogP) is 3.89. The Labute approximate surface area is 156 Å². The van der Waals surface area contributed by atoms with Gasteiger partial charge in [0.15, 0.2) is 0 Å². The van der Waals surface area contributed by atoms with Gasteiger partial charge in [-0.1, -0.05) is 18.2 Å². The van der Waals surface area contributed by atoms with Crippen LogP contribution in [0.5, 0.6) is 0 Å². The van der Waals surface area contributed by atoms with E-state index in [4.69, 9.17) is 0 Å². The number of fused-ring (bicyclic) bond motifs is 1. The molecule has 1 heterocycles. The zero-order valence-electron chi connectivity index (χ0n) is 15.1. The third-order valence-corrected chi connectivity index (χ3v) is 4.16. The van der Waals surface area contributed by atoms with Crippen LogP contribution in [0.25, 0.3) is 10.9 Å². The number of nitrogens with zero attached hydrogens (tertiary/aromatic N) is 1. The molecular formula is C21H20FN3O2. The van der Waals surface area contributed by atoms with Crippen molar-refractivity contribution in [3.05, 3.63) is 71.7 Å². The third kappa shape index (κ3) is 4.67. The molecule has 0 unspecified atom stereocenters. The third-order valence-electron chi connectivity index (χ3n) is 4.16. The van der Waals surface area contributed by atoms with E-state index < -0.39 is 6.04 Å². The van der Waals surface area contributed by atoms with Gasteiger partial charge >= 0.3 is 0 Å². The Morgan fingerprint density at radius 2 is 1.89 bits per heavy atom. The van der Waals surface area contributed by atoms with Gasteiger partial charge in [0.25, 0.3) is 0 Å². The van der Waals surface area contributed by atoms with Crippen LogP contribution in [0.3, 0.4) is 0 Å². The summed E-state index contributed by atoms with van der Waals surface area (Å²) in [6.45, 7) is 3.33. The molecule has 0 fully saturated rings. The summed E-state index contributed by atoms with van der Waals surface area (Å²) >= 11 is 0. The van der Waals surface area contributed by atoms with Crippen LogP contribution in [0.1, 0.15) is 30.5 Å². The lowest BCUT2D eigenvalue weighted by Crippen LogP contribution is -2.29. The van der Waals surface area contributed by atoms with Crippen molar-refractivity contribution in [2.24, 2.45) is 0 Å². The molecule has 0 aliphatic carbocycles. The van der Waals surface area contributed by atoms with Gasteiger partial charge in [-0.05, 0) is 48.4 Å². The molecule has 0 spiro atoms. The predicted molar refractivity (Wildman–Crippen MR) is 103 cm³/mol. The number of anilines is 1. The molecule has 3 rings (SSSR count). The van der Waals surface area contributed by atoms with E-state index in [2.05, 4.69) is 15.6 Å². The molecule has 0 saturated heterocycles. The number of hydrogen-bond acceptors (Lipinski definition) is 3. The Morgan fingerprint density at radius 1 is 1.15 bits per heavy atom. The molecule has 2 amide bonds. The van der Waals surface area contributed by atoms with E-state index in [-0.39, 0.29) is 24.1 Å². The summed E-state index contributed by atoms with van der Waals surface area (Å²) < 4.78 is 13.2. The Kier molecular flexibility index (Phi) is 5.45. The molecule has 1 atom stereocenters. The quantitative estimate of drug-likeness (QED) is 0.721. The Bertz CT molecular complexity index is 986. The second kappa shape index (κ2) is 7.95. The molecule has 138 valence electrons. The maximum Gasteiger partial charge on any atom is 0.226 e. The van der Waals surface area contributed by atoms with Crippen LogP contribution >= 0.6 is 0 Å². The van der Waals surface area contributed by atoms with Gasteiger partial charge in [-0.15, -0.1) is 0 Å². The highest BCUT2D eigenvalue weighted by atomic mass is 19.1. The number of pyridine rings is 1. The van der Waals surface area contributed by atoms with Gasteiger partial charge in [0.1, 0.15) is 5.82 Å². The Morgan fingerprint density at radius 3 is 2.59 bits per heavy atom. The normalized spacial score (nSPS) is 11.8. The summed E-state index contributed by atoms with van der Waals surface area (Å²) in [7, 11) is 0. The second-order valence-electron chi connectivity index (χ2n) is 6.44. The van der Waals surface area contributed by atoms with E-state index in [0.717, 1.165) is 10.9 Å². The van der Waals surface area contributed by atoms with Crippen LogP contribution < -0.4 is 10.6 Å². The molecule has 2 aromatic carbocycles. The van der Waals surface area contributed by atoms with E-state index in [1.807, 2.05) is 31.2 Å². The first-order valence-corrected chi connectivity index (χ1v) is 8.60. The smallest absolute Gasteiger partial charge is 0.226 e. The van der Waals surface area contributed by atoms with Gasteiger partial charge in [0.05, 0.1) is 23.7 Å². The maximum atomic E-state index is 13.2. The minimum atomic E-state index is -0.549. The molecule has 0 bridgehead atoms. The summed E-state index contributed by atoms with van der Waals surface area (Å²) in [5.41, 5.74) is 2.99. The van der Waals surface area contributed by atoms with Crippen LogP contribution in [0, 0.1) is 12.7 Å². The van der Waals surface area contributed by atoms with E-state index in [1.54, 1.807) is 18.3 Å². The highest BCUT2D eigenvalue weighted by Crippen LogP contribution is 2.24. The van der Waals surface area contributed by atoms with Gasteiger partial charge in [0.2, 0.25) is 11.8 Å². The fourth-order valence-corrected chi connectivity index (χ4v) is 3.02. The molecule has 0 radical (unpaired) electrons. The zero-order valence-corrected chi connectivity index (χ0v) is 15.1. The summed E-state index contributed by atoms with van der Waals surface area (Å²) in [6.07, 6.45) is 1.69. The summed E-state index contributed by atoms with van der Waals surface area (Å²) in [4.78, 5) is 28.5. The van der Waals surface area contributed by atoms with Crippen LogP contribution in [-0.2, 0) is 9.59 Å². The molecule has 5 nitrogen and oxygen atoms in total. The van der Waals surface area contributed by atoms with Gasteiger partial charge < -0.3 is 10.6 Å². The van der Waals surface area contributed by atoms with Gasteiger partial charge in [-0.25, -0.2) is 4.39 Å². The molecule has 2 N–H and O–H groups in total. The molecule has 3 aromatic rings. The highest BCUT2D eigenvalue weighted by molar-refractivity contribution is 6.00. The van der Waals surface area contributed by atoms with Gasteiger partial charge in [0, 0.05) is 18.5 Å². The molecule has 0 aliphatic rings. The molecule has 0 aliphatic heterocycles. The monoisotopic (exact) mass is 365 g/mol. The number of hydrogen-bond donors (Lipinski definition) is 2. The van der Waals surface area contributed by atoms with Crippen LogP contribution in [-0.4, -0.2) is 16.8 Å². The number of benzene rings is 2. The van der Waals surface area contributed by atoms with Crippen molar-refractivity contribution in [1.82, 2.24) is 10.3 Å². The van der Waals surface area contributed by atoms with Crippen molar-refractivity contribution in [2.75, 3.05) is 5.32 Å². The summed E-state index contributed by atoms with van der Waals surface area (Å²) in [5.74, 6) is -0.905. The number of aryl methyl sites for hydroxylation is 1. The summed E-state index contributed by atoms with van der Waals surface area (Å²) in [6, 6.07) is 12.8. The van der Waals surface area contributed by atoms with Crippen molar-refractivity contribution < 1.29 is 14.0 Å². The minimum absolute atomic E-state index is 0.0213. The SMILES string of the molecule is CC(=O)N[C@@H](CC(=O)Nc1cc(C)cc2cccnc12)c1ccc(F)cc1. The summed E-state index contributed by atoms with van der Waals surface area (Å²) in [5, 5.41) is 6.56. The molecular weight excluding hydrogens is 345 g/mol. The minimum Gasteiger partial charge on any atom is -0.349 e. The molecule has 1 aromatic heterocycles. The number of aromatic nitrogens is 1. The van der Waals surface area contributed by atoms with Crippen molar-refractivity contribution in [3.8, 4) is 0 Å². The van der Waals surface area contributed by atoms with Crippen molar-refractivity contribution in [2.45, 2.75) is 26.3 Å². The van der Waals surface area contributed by atoms with E-state index in [0.29, 0.717) is 16.8 Å². The van der Waals surface area contributed by atoms with E-state index in [1.165, 1.54) is 19.1 Å². The molecule has 0 saturated carbocycles. The molecule has 27 heavy (non-hydrogen) atoms. The van der Waals surface area contributed by atoms with Crippen molar-refractivity contribution >= 4 is 28.4 Å². The van der Waals surface area contributed by atoms with Gasteiger partial charge in [-0.2, -0.15) is 0 Å². The fraction of sp³-hybridized carbons (Fsp3) is 0.190. The van der Waals surface area contributed by atoms with E-state index in [9.17, 15) is 14.0 Å². The number of carbonyl (C=O) groups excluding carboxylic acids is 2. The first-order chi connectivity index (χ1) is 12.9. The zero-order chi connectivity index (χ0) is 19.4. The standard InChI is InChI=1S/C21H20FN3O2/c1-13-10-16-4-3-9-23-21(16)19(11-13)25-20(27)12-18(24-14(2)26)15-5-7-17(22)8-6-15/h3-11,18H,12H2,1-2H3,(H,24,26)(H,25,27)/t18-/m0/s1. The van der Waals surface area contributed by atoms with Crippen LogP contribution in [0.15, 0.2) is 54.7 Å². The number of carbonyl (C=O) groups is 2. The number of nitrogens with one attached hydrogen (secondary N) is 2. The average molecular weight is 365 g/mol. The lowest BCUT2D eigenvalue weighted by atomic mass is 10.0. The fourth-order valence-electron chi connectivity index (χ4n) is 3.02. The Hall–Kier alpha value is -3.28. The first-order valence-electron chi connectivity index (χ1n) is 8.60. The topological polar surface area (TPSA) is 71.1 Å². The number of halogens is 1. The van der Waals surface area contributed by atoms with Crippen LogP contribution in [0.4, 0.5) is 10.1 Å². The lowest BCUT2D eigenvalue weighted by molar-refractivity contribution is -0.120.